The van der Waals surface area contributed by atoms with Gasteiger partial charge in [-0.3, -0.25) is 0 Å². The molecule has 0 spiro atoms. The second-order valence-corrected chi connectivity index (χ2v) is 7.06. The normalized spacial score (nSPS) is 10.9. The van der Waals surface area contributed by atoms with Crippen molar-refractivity contribution >= 4 is 33.1 Å². The molecular weight excluding hydrogens is 314 g/mol. The van der Waals surface area contributed by atoms with Crippen molar-refractivity contribution in [3.05, 3.63) is 71.1 Å². The minimum Gasteiger partial charge on any atom is -0.340 e. The molecule has 0 saturated heterocycles. The Balaban J connectivity index is 1.84. The second kappa shape index (κ2) is 6.06. The molecule has 0 aliphatic rings. The maximum absolute atomic E-state index is 4.79. The lowest BCUT2D eigenvalue weighted by Crippen LogP contribution is -1.98. The fourth-order valence-corrected chi connectivity index (χ4v) is 3.51. The van der Waals surface area contributed by atoms with E-state index < -0.39 is 0 Å². The highest BCUT2D eigenvalue weighted by Gasteiger charge is 2.12. The van der Waals surface area contributed by atoms with Gasteiger partial charge in [-0.2, -0.15) is 0 Å². The summed E-state index contributed by atoms with van der Waals surface area (Å²) in [6, 6.07) is 20.6. The van der Waals surface area contributed by atoms with Gasteiger partial charge < -0.3 is 5.32 Å². The summed E-state index contributed by atoms with van der Waals surface area (Å²) in [6.45, 7) is 4.19. The summed E-state index contributed by atoms with van der Waals surface area (Å²) in [4.78, 5) is 11.8. The lowest BCUT2D eigenvalue weighted by Gasteiger charge is -2.09. The molecule has 0 aliphatic heterocycles. The fraction of sp³-hybridized carbons (Fsp3) is 0.100. The van der Waals surface area contributed by atoms with E-state index in [1.165, 1.54) is 10.4 Å². The number of thiophene rings is 1. The van der Waals surface area contributed by atoms with Gasteiger partial charge >= 0.3 is 0 Å². The molecule has 0 unspecified atom stereocenters. The number of rotatable bonds is 3. The Labute approximate surface area is 145 Å². The van der Waals surface area contributed by atoms with Gasteiger partial charge in [-0.15, -0.1) is 11.3 Å². The molecule has 24 heavy (non-hydrogen) atoms. The van der Waals surface area contributed by atoms with Crippen molar-refractivity contribution in [1.82, 2.24) is 9.97 Å². The van der Waals surface area contributed by atoms with Crippen LogP contribution in [0.5, 0.6) is 0 Å². The smallest absolute Gasteiger partial charge is 0.163 e. The number of fused-ring (bicyclic) bond motifs is 1. The first-order chi connectivity index (χ1) is 11.7. The van der Waals surface area contributed by atoms with E-state index in [0.717, 1.165) is 33.1 Å². The maximum atomic E-state index is 4.79. The van der Waals surface area contributed by atoms with Crippen LogP contribution in [0.25, 0.3) is 21.6 Å². The largest absolute Gasteiger partial charge is 0.340 e. The molecule has 0 atom stereocenters. The zero-order chi connectivity index (χ0) is 16.5. The van der Waals surface area contributed by atoms with Gasteiger partial charge in [0.2, 0.25) is 0 Å². The minimum absolute atomic E-state index is 0.750. The minimum atomic E-state index is 0.750. The molecule has 4 heteroatoms. The predicted molar refractivity (Wildman–Crippen MR) is 102 cm³/mol. The Morgan fingerprint density at radius 1 is 0.875 bits per heavy atom. The molecule has 0 fully saturated rings. The zero-order valence-electron chi connectivity index (χ0n) is 13.6. The molecule has 2 heterocycles. The van der Waals surface area contributed by atoms with Crippen LogP contribution < -0.4 is 5.32 Å². The van der Waals surface area contributed by atoms with Crippen LogP contribution in [0.4, 0.5) is 11.5 Å². The number of aromatic nitrogens is 2. The number of hydrogen-bond acceptors (Lipinski definition) is 4. The van der Waals surface area contributed by atoms with Crippen LogP contribution in [-0.4, -0.2) is 9.97 Å². The summed E-state index contributed by atoms with van der Waals surface area (Å²) in [7, 11) is 0. The second-order valence-electron chi connectivity index (χ2n) is 5.83. The van der Waals surface area contributed by atoms with Crippen molar-refractivity contribution in [1.29, 1.82) is 0 Å². The van der Waals surface area contributed by atoms with Crippen LogP contribution in [0.1, 0.15) is 10.4 Å². The monoisotopic (exact) mass is 331 g/mol. The number of hydrogen-bond donors (Lipinski definition) is 1. The van der Waals surface area contributed by atoms with E-state index in [1.807, 2.05) is 30.3 Å². The summed E-state index contributed by atoms with van der Waals surface area (Å²) in [5, 5.41) is 4.52. The maximum Gasteiger partial charge on any atom is 0.163 e. The lowest BCUT2D eigenvalue weighted by molar-refractivity contribution is 1.23. The molecule has 0 bridgehead atoms. The number of nitrogens with one attached hydrogen (secondary N) is 1. The Morgan fingerprint density at radius 2 is 1.62 bits per heavy atom. The van der Waals surface area contributed by atoms with Crippen LogP contribution in [0.15, 0.2) is 60.7 Å². The Bertz CT molecular complexity index is 989. The fourth-order valence-electron chi connectivity index (χ4n) is 2.63. The van der Waals surface area contributed by atoms with Crippen molar-refractivity contribution in [2.45, 2.75) is 13.8 Å². The first-order valence-electron chi connectivity index (χ1n) is 7.86. The number of nitrogens with zero attached hydrogens (tertiary/aromatic N) is 2. The summed E-state index contributed by atoms with van der Waals surface area (Å²) >= 11 is 1.70. The average molecular weight is 331 g/mol. The SMILES string of the molecule is Cc1ccc(Nc2nc(-c3ccccc3)nc3sc(C)cc23)cc1. The van der Waals surface area contributed by atoms with Gasteiger partial charge in [0, 0.05) is 16.1 Å². The van der Waals surface area contributed by atoms with E-state index >= 15 is 0 Å². The van der Waals surface area contributed by atoms with Gasteiger partial charge in [0.05, 0.1) is 5.39 Å². The predicted octanol–water partition coefficient (Wildman–Crippen LogP) is 5.72. The van der Waals surface area contributed by atoms with Gasteiger partial charge in [-0.1, -0.05) is 48.0 Å². The Kier molecular flexibility index (Phi) is 3.75. The Hall–Kier alpha value is -2.72. The van der Waals surface area contributed by atoms with Crippen LogP contribution >= 0.6 is 11.3 Å². The van der Waals surface area contributed by atoms with E-state index in [9.17, 15) is 0 Å². The van der Waals surface area contributed by atoms with Crippen molar-refractivity contribution in [2.24, 2.45) is 0 Å². The summed E-state index contributed by atoms with van der Waals surface area (Å²) in [5.74, 6) is 1.60. The van der Waals surface area contributed by atoms with E-state index in [2.05, 4.69) is 49.5 Å². The van der Waals surface area contributed by atoms with Gasteiger partial charge in [0.1, 0.15) is 10.6 Å². The summed E-state index contributed by atoms with van der Waals surface area (Å²) in [5.41, 5.74) is 3.30. The van der Waals surface area contributed by atoms with Crippen molar-refractivity contribution < 1.29 is 0 Å². The van der Waals surface area contributed by atoms with E-state index in [0.29, 0.717) is 0 Å². The molecule has 1 N–H and O–H groups in total. The lowest BCUT2D eigenvalue weighted by atomic mass is 10.2. The molecule has 0 radical (unpaired) electrons. The number of aryl methyl sites for hydroxylation is 2. The highest BCUT2D eigenvalue weighted by Crippen LogP contribution is 2.32. The van der Waals surface area contributed by atoms with Gasteiger partial charge in [0.15, 0.2) is 5.82 Å². The highest BCUT2D eigenvalue weighted by molar-refractivity contribution is 7.18. The van der Waals surface area contributed by atoms with Crippen molar-refractivity contribution in [3.63, 3.8) is 0 Å². The third-order valence-corrected chi connectivity index (χ3v) is 4.81. The molecule has 4 aromatic rings. The van der Waals surface area contributed by atoms with Gasteiger partial charge in [-0.05, 0) is 32.0 Å². The van der Waals surface area contributed by atoms with Gasteiger partial charge in [-0.25, -0.2) is 9.97 Å². The summed E-state index contributed by atoms with van der Waals surface area (Å²) < 4.78 is 0. The van der Waals surface area contributed by atoms with Crippen molar-refractivity contribution in [3.8, 4) is 11.4 Å². The third-order valence-electron chi connectivity index (χ3n) is 3.86. The van der Waals surface area contributed by atoms with E-state index in [1.54, 1.807) is 11.3 Å². The molecular formula is C20H17N3S. The number of anilines is 2. The molecule has 2 aromatic carbocycles. The summed E-state index contributed by atoms with van der Waals surface area (Å²) in [6.07, 6.45) is 0. The zero-order valence-corrected chi connectivity index (χ0v) is 14.4. The van der Waals surface area contributed by atoms with Crippen LogP contribution in [0.3, 0.4) is 0 Å². The standard InChI is InChI=1S/C20H17N3S/c1-13-8-10-16(11-9-13)21-19-17-12-14(2)24-20(17)23-18(22-19)15-6-4-3-5-7-15/h3-12H,1-2H3,(H,21,22,23). The molecule has 2 aromatic heterocycles. The molecule has 0 amide bonds. The first-order valence-corrected chi connectivity index (χ1v) is 8.68. The van der Waals surface area contributed by atoms with Crippen LogP contribution in [0.2, 0.25) is 0 Å². The molecule has 118 valence electrons. The molecule has 0 saturated carbocycles. The first kappa shape index (κ1) is 14.8. The van der Waals surface area contributed by atoms with Gasteiger partial charge in [0.25, 0.3) is 0 Å². The van der Waals surface area contributed by atoms with E-state index in [4.69, 9.17) is 9.97 Å². The Morgan fingerprint density at radius 3 is 2.38 bits per heavy atom. The van der Waals surface area contributed by atoms with Crippen molar-refractivity contribution in [2.75, 3.05) is 5.32 Å². The quantitative estimate of drug-likeness (QED) is 0.522. The van der Waals surface area contributed by atoms with E-state index in [-0.39, 0.29) is 0 Å². The van der Waals surface area contributed by atoms with Crippen LogP contribution in [-0.2, 0) is 0 Å². The highest BCUT2D eigenvalue weighted by atomic mass is 32.1. The molecule has 4 rings (SSSR count). The third kappa shape index (κ3) is 2.88. The topological polar surface area (TPSA) is 37.8 Å². The average Bonchev–Trinajstić information content (AvgIpc) is 2.98. The molecule has 3 nitrogen and oxygen atoms in total. The molecule has 0 aliphatic carbocycles. The van der Waals surface area contributed by atoms with Crippen LogP contribution in [0, 0.1) is 13.8 Å². The number of benzene rings is 2.